The SMILES string of the molecule is Cc1cc2oc3ccccc3c2cc1N1C(C)C2(C)CCC1(C)CC2.Cc1cc2oc3ccccc3c2cc1N1C(C)C2CCC1(C)CC2.Cc1cc2oc3ccccc3c2cc1N1C2CCC(C)(CC2)C1C.Cc1cc2oc3ccccc3c2cc1N1C2CCC(C)(CC2)C1C.Cc1cc2oc3ccccc3c2cc1N1C2CCC(CC2)C1C. The van der Waals surface area contributed by atoms with Crippen molar-refractivity contribution in [2.75, 3.05) is 24.5 Å². The summed E-state index contributed by atoms with van der Waals surface area (Å²) in [5.74, 6) is 1.72. The molecule has 0 radical (unpaired) electrons. The fraction of sp³-hybridized carbons (Fsp3) is 0.455. The Hall–Kier alpha value is -9.80. The number of rotatable bonds is 5. The first-order valence-electron chi connectivity index (χ1n) is 46.4. The summed E-state index contributed by atoms with van der Waals surface area (Å²) in [6, 6.07) is 70.3. The number of fused-ring (bicyclic) bond motifs is 30. The highest BCUT2D eigenvalue weighted by Crippen LogP contribution is 2.59. The molecule has 10 saturated heterocycles. The standard InChI is InChI=1S/C23H27NO.3C22H25NO.C21H23NO/c1-15-13-21-18(17-7-5-6-8-20(17)25-21)14-19(15)24-16(2)22(3)9-11-23(24,4)12-10-22;2*1-14-12-21-18(17-6-4-5-7-20(17)24-21)13-19(14)23-15(2)22(3)10-8-16(23)9-11-22;1-14-12-21-18(17-6-4-5-7-20(17)24-21)13-19(14)23-15(2)16-8-10-22(23,3)11-9-16;1-13-11-21-18(17-5-3-4-6-20(17)23-21)12-19(13)22-14(2)15-7-9-16(22)10-8-15/h5-8,13-14,16H,9-12H2,1-4H3;3*4-7,12-13,15-16H,8-11H2,1-3H3;3-6,11-12,14-16H,7-10H2,1-2H3. The van der Waals surface area contributed by atoms with Crippen LogP contribution in [0, 0.1) is 62.7 Å². The van der Waals surface area contributed by atoms with Gasteiger partial charge in [-0.3, -0.25) is 0 Å². The van der Waals surface area contributed by atoms with Gasteiger partial charge >= 0.3 is 0 Å². The second-order valence-electron chi connectivity index (χ2n) is 41.0. The number of hydrogen-bond acceptors (Lipinski definition) is 10. The maximum Gasteiger partial charge on any atom is 0.135 e. The van der Waals surface area contributed by atoms with Crippen molar-refractivity contribution in [3.8, 4) is 0 Å². The van der Waals surface area contributed by atoms with Crippen molar-refractivity contribution in [1.82, 2.24) is 0 Å². The highest BCUT2D eigenvalue weighted by atomic mass is 16.3. The van der Waals surface area contributed by atoms with Crippen molar-refractivity contribution in [2.24, 2.45) is 28.1 Å². The first-order valence-corrected chi connectivity index (χ1v) is 46.4. The van der Waals surface area contributed by atoms with Crippen molar-refractivity contribution >= 4 is 138 Å². The fourth-order valence-corrected chi connectivity index (χ4v) is 26.0. The van der Waals surface area contributed by atoms with E-state index >= 15 is 0 Å². The number of anilines is 5. The normalized spacial score (nSPS) is 29.7. The quantitative estimate of drug-likeness (QED) is 0.166. The van der Waals surface area contributed by atoms with Crippen LogP contribution in [0.3, 0.4) is 0 Å². The van der Waals surface area contributed by atoms with Crippen LogP contribution >= 0.6 is 0 Å². The van der Waals surface area contributed by atoms with Crippen molar-refractivity contribution in [3.63, 3.8) is 0 Å². The molecule has 620 valence electrons. The van der Waals surface area contributed by atoms with Gasteiger partial charge in [0.25, 0.3) is 0 Å². The van der Waals surface area contributed by atoms with Gasteiger partial charge in [-0.1, -0.05) is 112 Å². The summed E-state index contributed by atoms with van der Waals surface area (Å²) in [5, 5.41) is 12.4. The molecule has 10 aromatic carbocycles. The van der Waals surface area contributed by atoms with Gasteiger partial charge in [0.1, 0.15) is 55.8 Å². The smallest absolute Gasteiger partial charge is 0.135 e. The van der Waals surface area contributed by atoms with E-state index in [1.54, 1.807) is 0 Å². The molecule has 30 rings (SSSR count). The largest absolute Gasteiger partial charge is 0.456 e. The zero-order chi connectivity index (χ0) is 82.4. The maximum atomic E-state index is 6.09. The average molecular weight is 1600 g/mol. The summed E-state index contributed by atoms with van der Waals surface area (Å²) in [6.45, 7) is 35.7. The van der Waals surface area contributed by atoms with Crippen LogP contribution in [-0.2, 0) is 0 Å². The lowest BCUT2D eigenvalue weighted by molar-refractivity contribution is 0.0509. The molecule has 15 aromatic rings. The number of furan rings is 5. The van der Waals surface area contributed by atoms with Crippen molar-refractivity contribution < 1.29 is 22.1 Å². The summed E-state index contributed by atoms with van der Waals surface area (Å²) in [5.41, 5.74) is 25.7. The Kier molecular flexibility index (Phi) is 18.7. The Labute approximate surface area is 709 Å². The summed E-state index contributed by atoms with van der Waals surface area (Å²) in [6.07, 6.45) is 27.2. The molecule has 0 amide bonds. The second kappa shape index (κ2) is 28.9. The Bertz CT molecular complexity index is 6300. The molecule has 10 aliphatic heterocycles. The van der Waals surface area contributed by atoms with Gasteiger partial charge in [0.2, 0.25) is 0 Å². The minimum atomic E-state index is 0.287. The van der Waals surface area contributed by atoms with E-state index in [1.807, 2.05) is 30.3 Å². The van der Waals surface area contributed by atoms with E-state index in [4.69, 9.17) is 22.1 Å². The third-order valence-corrected chi connectivity index (χ3v) is 34.1. The Morgan fingerprint density at radius 1 is 0.242 bits per heavy atom. The molecule has 5 atom stereocenters. The monoisotopic (exact) mass is 1600 g/mol. The molecule has 0 N–H and O–H groups in total. The first-order chi connectivity index (χ1) is 57.8. The molecule has 120 heavy (non-hydrogen) atoms. The topological polar surface area (TPSA) is 81.9 Å². The van der Waals surface area contributed by atoms with E-state index in [9.17, 15) is 0 Å². The van der Waals surface area contributed by atoms with E-state index in [-0.39, 0.29) is 5.54 Å². The van der Waals surface area contributed by atoms with Gasteiger partial charge in [-0.25, -0.2) is 0 Å². The van der Waals surface area contributed by atoms with E-state index in [0.29, 0.717) is 64.1 Å². The maximum absolute atomic E-state index is 6.09. The Balaban J connectivity index is 0.0000000928. The van der Waals surface area contributed by atoms with Crippen LogP contribution in [0.1, 0.15) is 225 Å². The van der Waals surface area contributed by atoms with E-state index < -0.39 is 0 Å². The molecule has 5 aromatic heterocycles. The molecule has 15 heterocycles. The van der Waals surface area contributed by atoms with E-state index in [1.165, 1.54) is 239 Å². The van der Waals surface area contributed by atoms with Crippen molar-refractivity contribution in [3.05, 3.63) is 210 Å². The number of nitrogens with zero attached hydrogens (tertiary/aromatic N) is 5. The van der Waals surface area contributed by atoms with Crippen molar-refractivity contribution in [2.45, 2.75) is 292 Å². The predicted molar refractivity (Wildman–Crippen MR) is 504 cm³/mol. The van der Waals surface area contributed by atoms with Crippen LogP contribution in [-0.4, -0.2) is 59.4 Å². The fourth-order valence-electron chi connectivity index (χ4n) is 26.0. The lowest BCUT2D eigenvalue weighted by Crippen LogP contribution is -2.65. The van der Waals surface area contributed by atoms with Gasteiger partial charge in [-0.2, -0.15) is 0 Å². The molecule has 10 bridgehead atoms. The summed E-state index contributed by atoms with van der Waals surface area (Å²) >= 11 is 0. The molecule has 5 unspecified atom stereocenters. The van der Waals surface area contributed by atoms with E-state index in [2.05, 4.69) is 280 Å². The molecule has 0 spiro atoms. The van der Waals surface area contributed by atoms with Crippen LogP contribution in [0.2, 0.25) is 0 Å². The molecule has 15 fully saturated rings. The van der Waals surface area contributed by atoms with Crippen LogP contribution in [0.25, 0.3) is 110 Å². The summed E-state index contributed by atoms with van der Waals surface area (Å²) in [7, 11) is 0. The third-order valence-electron chi connectivity index (χ3n) is 34.1. The number of benzene rings is 10. The highest BCUT2D eigenvalue weighted by Gasteiger charge is 2.55. The minimum absolute atomic E-state index is 0.287. The minimum Gasteiger partial charge on any atom is -0.456 e. The van der Waals surface area contributed by atoms with Gasteiger partial charge in [-0.05, 0) is 358 Å². The van der Waals surface area contributed by atoms with Crippen LogP contribution in [0.4, 0.5) is 28.4 Å². The molecular formula is C110H125N5O5. The number of hydrogen-bond donors (Lipinski definition) is 0. The van der Waals surface area contributed by atoms with Gasteiger partial charge in [-0.15, -0.1) is 0 Å². The molecule has 5 aliphatic carbocycles. The average Bonchev–Trinajstić information content (AvgIpc) is 1.14. The number of piperidine rings is 10. The number of aryl methyl sites for hydroxylation is 5. The lowest BCUT2D eigenvalue weighted by Gasteiger charge is -2.63. The molecule has 10 heteroatoms. The molecule has 15 aliphatic rings. The zero-order valence-corrected chi connectivity index (χ0v) is 74.0. The van der Waals surface area contributed by atoms with Crippen LogP contribution in [0.15, 0.2) is 204 Å². The van der Waals surface area contributed by atoms with Crippen molar-refractivity contribution in [1.29, 1.82) is 0 Å². The van der Waals surface area contributed by atoms with Gasteiger partial charge in [0.15, 0.2) is 0 Å². The van der Waals surface area contributed by atoms with E-state index in [0.717, 1.165) is 73.7 Å². The van der Waals surface area contributed by atoms with Gasteiger partial charge < -0.3 is 46.6 Å². The second-order valence-corrected chi connectivity index (χ2v) is 41.0. The van der Waals surface area contributed by atoms with Gasteiger partial charge in [0.05, 0.1) is 0 Å². The molecular weight excluding hydrogens is 1470 g/mol. The number of para-hydroxylation sites is 5. The molecule has 5 saturated carbocycles. The Morgan fingerprint density at radius 3 is 0.850 bits per heavy atom. The predicted octanol–water partition coefficient (Wildman–Crippen LogP) is 30.3. The molecule has 10 nitrogen and oxygen atoms in total. The lowest BCUT2D eigenvalue weighted by atomic mass is 9.59. The van der Waals surface area contributed by atoms with Gasteiger partial charge in [0, 0.05) is 142 Å². The van der Waals surface area contributed by atoms with Crippen LogP contribution in [0.5, 0.6) is 0 Å². The summed E-state index contributed by atoms with van der Waals surface area (Å²) in [4.78, 5) is 13.7. The Morgan fingerprint density at radius 2 is 0.517 bits per heavy atom. The van der Waals surface area contributed by atoms with Crippen LogP contribution < -0.4 is 24.5 Å². The summed E-state index contributed by atoms with van der Waals surface area (Å²) < 4.78 is 30.3. The zero-order valence-electron chi connectivity index (χ0n) is 74.0. The highest BCUT2D eigenvalue weighted by molar-refractivity contribution is 6.10. The first kappa shape index (κ1) is 77.5. The third kappa shape index (κ3) is 12.5.